The highest BCUT2D eigenvalue weighted by Crippen LogP contribution is 2.15. The standard InChI is InChI=1S/C18H25N3O3S/c1-18(2,3)24-17(23)21-9-8-16(22)20-10-11-25-13-15-7-5-4-6-14(15)12-19/h4-7H,8-11,13H2,1-3H3,(H,20,22)(H,21,23). The van der Waals surface area contributed by atoms with Crippen molar-refractivity contribution in [1.29, 1.82) is 5.26 Å². The van der Waals surface area contributed by atoms with E-state index in [4.69, 9.17) is 10.00 Å². The smallest absolute Gasteiger partial charge is 0.407 e. The molecule has 0 saturated heterocycles. The van der Waals surface area contributed by atoms with Gasteiger partial charge >= 0.3 is 6.09 Å². The molecular formula is C18H25N3O3S. The summed E-state index contributed by atoms with van der Waals surface area (Å²) < 4.78 is 5.09. The van der Waals surface area contributed by atoms with E-state index in [9.17, 15) is 9.59 Å². The lowest BCUT2D eigenvalue weighted by Gasteiger charge is -2.19. The monoisotopic (exact) mass is 363 g/mol. The number of nitriles is 1. The van der Waals surface area contributed by atoms with E-state index in [1.807, 2.05) is 18.2 Å². The van der Waals surface area contributed by atoms with Gasteiger partial charge < -0.3 is 15.4 Å². The third-order valence-electron chi connectivity index (χ3n) is 2.98. The van der Waals surface area contributed by atoms with Crippen molar-refractivity contribution in [3.8, 4) is 6.07 Å². The van der Waals surface area contributed by atoms with E-state index >= 15 is 0 Å². The van der Waals surface area contributed by atoms with Gasteiger partial charge in [-0.2, -0.15) is 17.0 Å². The summed E-state index contributed by atoms with van der Waals surface area (Å²) in [5.74, 6) is 1.37. The molecule has 0 heterocycles. The van der Waals surface area contributed by atoms with Gasteiger partial charge in [0.15, 0.2) is 0 Å². The van der Waals surface area contributed by atoms with E-state index in [1.54, 1.807) is 38.6 Å². The molecule has 0 saturated carbocycles. The van der Waals surface area contributed by atoms with Gasteiger partial charge in [0, 0.05) is 31.0 Å². The van der Waals surface area contributed by atoms with Gasteiger partial charge in [-0.3, -0.25) is 4.79 Å². The number of carbonyl (C=O) groups excluding carboxylic acids is 2. The molecule has 0 fully saturated rings. The van der Waals surface area contributed by atoms with Crippen molar-refractivity contribution >= 4 is 23.8 Å². The first-order chi connectivity index (χ1) is 11.8. The number of hydrogen-bond donors (Lipinski definition) is 2. The largest absolute Gasteiger partial charge is 0.444 e. The van der Waals surface area contributed by atoms with Crippen molar-refractivity contribution in [2.75, 3.05) is 18.8 Å². The molecule has 0 atom stereocenters. The van der Waals surface area contributed by atoms with Crippen LogP contribution in [-0.4, -0.2) is 36.4 Å². The molecule has 0 aliphatic heterocycles. The SMILES string of the molecule is CC(C)(C)OC(=O)NCCC(=O)NCCSCc1ccccc1C#N. The number of hydrogen-bond acceptors (Lipinski definition) is 5. The van der Waals surface area contributed by atoms with Crippen LogP contribution in [0.5, 0.6) is 0 Å². The van der Waals surface area contributed by atoms with Gasteiger partial charge in [0.25, 0.3) is 0 Å². The highest BCUT2D eigenvalue weighted by atomic mass is 32.2. The molecule has 1 aromatic carbocycles. The van der Waals surface area contributed by atoms with Gasteiger partial charge in [0.05, 0.1) is 11.6 Å². The summed E-state index contributed by atoms with van der Waals surface area (Å²) in [7, 11) is 0. The molecule has 0 aliphatic rings. The van der Waals surface area contributed by atoms with Gasteiger partial charge in [0.2, 0.25) is 5.91 Å². The van der Waals surface area contributed by atoms with Gasteiger partial charge in [-0.1, -0.05) is 18.2 Å². The first-order valence-electron chi connectivity index (χ1n) is 8.11. The van der Waals surface area contributed by atoms with Crippen molar-refractivity contribution in [3.05, 3.63) is 35.4 Å². The topological polar surface area (TPSA) is 91.2 Å². The van der Waals surface area contributed by atoms with Crippen LogP contribution >= 0.6 is 11.8 Å². The minimum absolute atomic E-state index is 0.117. The average molecular weight is 363 g/mol. The van der Waals surface area contributed by atoms with Crippen LogP contribution in [0.15, 0.2) is 24.3 Å². The molecule has 0 aromatic heterocycles. The molecule has 136 valence electrons. The van der Waals surface area contributed by atoms with Crippen molar-refractivity contribution in [1.82, 2.24) is 10.6 Å². The predicted molar refractivity (Wildman–Crippen MR) is 99.2 cm³/mol. The number of nitrogens with one attached hydrogen (secondary N) is 2. The minimum atomic E-state index is -0.548. The molecule has 0 radical (unpaired) electrons. The first kappa shape index (κ1) is 20.8. The molecule has 2 N–H and O–H groups in total. The third kappa shape index (κ3) is 9.62. The fraction of sp³-hybridized carbons (Fsp3) is 0.500. The van der Waals surface area contributed by atoms with Crippen molar-refractivity contribution < 1.29 is 14.3 Å². The van der Waals surface area contributed by atoms with Gasteiger partial charge in [-0.25, -0.2) is 4.79 Å². The third-order valence-corrected chi connectivity index (χ3v) is 3.99. The molecule has 0 spiro atoms. The minimum Gasteiger partial charge on any atom is -0.444 e. The fourth-order valence-corrected chi connectivity index (χ4v) is 2.74. The Kier molecular flexibility index (Phi) is 8.86. The maximum Gasteiger partial charge on any atom is 0.407 e. The molecule has 2 amide bonds. The predicted octanol–water partition coefficient (Wildman–Crippen LogP) is 2.82. The van der Waals surface area contributed by atoms with E-state index in [0.717, 1.165) is 17.1 Å². The molecule has 0 bridgehead atoms. The number of alkyl carbamates (subject to hydrolysis) is 1. The Balaban J connectivity index is 2.11. The Morgan fingerprint density at radius 2 is 1.92 bits per heavy atom. The lowest BCUT2D eigenvalue weighted by Crippen LogP contribution is -2.35. The Morgan fingerprint density at radius 3 is 2.60 bits per heavy atom. The molecule has 7 heteroatoms. The van der Waals surface area contributed by atoms with Crippen LogP contribution in [0.4, 0.5) is 4.79 Å². The highest BCUT2D eigenvalue weighted by molar-refractivity contribution is 7.98. The normalized spacial score (nSPS) is 10.6. The first-order valence-corrected chi connectivity index (χ1v) is 9.26. The van der Waals surface area contributed by atoms with E-state index < -0.39 is 11.7 Å². The van der Waals surface area contributed by atoms with Crippen molar-refractivity contribution in [2.45, 2.75) is 38.5 Å². The summed E-state index contributed by atoms with van der Waals surface area (Å²) >= 11 is 1.66. The molecule has 1 rings (SSSR count). The lowest BCUT2D eigenvalue weighted by molar-refractivity contribution is -0.120. The summed E-state index contributed by atoms with van der Waals surface area (Å²) in [6, 6.07) is 9.67. The van der Waals surface area contributed by atoms with Crippen LogP contribution in [0.2, 0.25) is 0 Å². The average Bonchev–Trinajstić information content (AvgIpc) is 2.53. The second-order valence-corrected chi connectivity index (χ2v) is 7.46. The maximum atomic E-state index is 11.7. The summed E-state index contributed by atoms with van der Waals surface area (Å²) in [5.41, 5.74) is 1.14. The lowest BCUT2D eigenvalue weighted by atomic mass is 10.1. The Bertz CT molecular complexity index is 621. The number of rotatable bonds is 8. The number of thioether (sulfide) groups is 1. The quantitative estimate of drug-likeness (QED) is 0.693. The number of nitrogens with zero attached hydrogens (tertiary/aromatic N) is 1. The van der Waals surface area contributed by atoms with E-state index in [0.29, 0.717) is 12.1 Å². The fourth-order valence-electron chi connectivity index (χ4n) is 1.88. The zero-order chi connectivity index (χ0) is 18.7. The summed E-state index contributed by atoms with van der Waals surface area (Å²) in [5, 5.41) is 14.4. The Hall–Kier alpha value is -2.20. The number of ether oxygens (including phenoxy) is 1. The molecule has 1 aromatic rings. The van der Waals surface area contributed by atoms with Crippen molar-refractivity contribution in [2.24, 2.45) is 0 Å². The maximum absolute atomic E-state index is 11.7. The zero-order valence-corrected chi connectivity index (χ0v) is 15.7. The van der Waals surface area contributed by atoms with Gasteiger partial charge in [-0.15, -0.1) is 0 Å². The van der Waals surface area contributed by atoms with E-state index in [-0.39, 0.29) is 18.9 Å². The Labute approximate surface area is 153 Å². The molecule has 0 unspecified atom stereocenters. The van der Waals surface area contributed by atoms with Crippen LogP contribution in [0.3, 0.4) is 0 Å². The van der Waals surface area contributed by atoms with E-state index in [2.05, 4.69) is 16.7 Å². The number of benzene rings is 1. The van der Waals surface area contributed by atoms with Crippen LogP contribution in [-0.2, 0) is 15.3 Å². The molecular weight excluding hydrogens is 338 g/mol. The van der Waals surface area contributed by atoms with Crippen molar-refractivity contribution in [3.63, 3.8) is 0 Å². The van der Waals surface area contributed by atoms with Crippen LogP contribution in [0, 0.1) is 11.3 Å². The second-order valence-electron chi connectivity index (χ2n) is 6.35. The summed E-state index contributed by atoms with van der Waals surface area (Å²) in [6.07, 6.45) is -0.312. The molecule has 25 heavy (non-hydrogen) atoms. The Morgan fingerprint density at radius 1 is 1.20 bits per heavy atom. The second kappa shape index (κ2) is 10.6. The van der Waals surface area contributed by atoms with E-state index in [1.165, 1.54) is 0 Å². The number of carbonyl (C=O) groups is 2. The molecule has 0 aliphatic carbocycles. The number of amides is 2. The van der Waals surface area contributed by atoms with Crippen LogP contribution in [0.1, 0.15) is 38.3 Å². The van der Waals surface area contributed by atoms with Gasteiger partial charge in [0.1, 0.15) is 5.60 Å². The van der Waals surface area contributed by atoms with Crippen LogP contribution < -0.4 is 10.6 Å². The summed E-state index contributed by atoms with van der Waals surface area (Å²) in [6.45, 7) is 6.14. The molecule has 6 nitrogen and oxygen atoms in total. The zero-order valence-electron chi connectivity index (χ0n) is 14.9. The van der Waals surface area contributed by atoms with Gasteiger partial charge in [-0.05, 0) is 32.4 Å². The summed E-state index contributed by atoms with van der Waals surface area (Å²) in [4.78, 5) is 23.1. The highest BCUT2D eigenvalue weighted by Gasteiger charge is 2.15. The van der Waals surface area contributed by atoms with Crippen LogP contribution in [0.25, 0.3) is 0 Å².